The van der Waals surface area contributed by atoms with Crippen molar-refractivity contribution < 1.29 is 23.5 Å². The number of hydrogen-bond donors (Lipinski definition) is 1. The summed E-state index contributed by atoms with van der Waals surface area (Å²) in [5, 5.41) is 3.37. The Labute approximate surface area is 169 Å². The quantitative estimate of drug-likeness (QED) is 0.553. The third-order valence-electron chi connectivity index (χ3n) is 4.64. The Morgan fingerprint density at radius 3 is 2.55 bits per heavy atom. The van der Waals surface area contributed by atoms with Crippen molar-refractivity contribution in [1.29, 1.82) is 0 Å². The number of rotatable bonds is 9. The van der Waals surface area contributed by atoms with E-state index in [9.17, 15) is 9.59 Å². The molecule has 0 aliphatic carbocycles. The van der Waals surface area contributed by atoms with Crippen LogP contribution in [0.25, 0.3) is 11.0 Å². The summed E-state index contributed by atoms with van der Waals surface area (Å²) in [4.78, 5) is 23.8. The van der Waals surface area contributed by atoms with Gasteiger partial charge in [0.2, 0.25) is 0 Å². The summed E-state index contributed by atoms with van der Waals surface area (Å²) in [5.74, 6) is 0.802. The van der Waals surface area contributed by atoms with E-state index in [2.05, 4.69) is 31.3 Å². The first-order valence-electron chi connectivity index (χ1n) is 9.50. The molecular formula is C23H25NO5. The second kappa shape index (κ2) is 9.39. The SMILES string of the molecule is COc1ccc2oc(C(=O)NC(C=O)COCc3ccc(C(C)C)cc3)cc2c1. The van der Waals surface area contributed by atoms with Crippen LogP contribution in [-0.2, 0) is 16.1 Å². The molecule has 0 aliphatic heterocycles. The van der Waals surface area contributed by atoms with Crippen LogP contribution in [-0.4, -0.2) is 32.0 Å². The molecule has 1 aromatic heterocycles. The van der Waals surface area contributed by atoms with Gasteiger partial charge in [-0.15, -0.1) is 0 Å². The Morgan fingerprint density at radius 2 is 1.90 bits per heavy atom. The van der Waals surface area contributed by atoms with Crippen molar-refractivity contribution in [3.63, 3.8) is 0 Å². The molecule has 29 heavy (non-hydrogen) atoms. The molecule has 152 valence electrons. The lowest BCUT2D eigenvalue weighted by molar-refractivity contribution is -0.110. The standard InChI is InChI=1S/C23H25NO5/c1-15(2)17-6-4-16(5-7-17)13-28-14-19(12-25)24-23(26)22-11-18-10-20(27-3)8-9-21(18)29-22/h4-12,15,19H,13-14H2,1-3H3,(H,24,26). The first-order valence-corrected chi connectivity index (χ1v) is 9.50. The maximum absolute atomic E-state index is 12.4. The van der Waals surface area contributed by atoms with Gasteiger partial charge in [-0.2, -0.15) is 0 Å². The third-order valence-corrected chi connectivity index (χ3v) is 4.64. The maximum Gasteiger partial charge on any atom is 0.287 e. The summed E-state index contributed by atoms with van der Waals surface area (Å²) in [6.45, 7) is 4.72. The van der Waals surface area contributed by atoms with Gasteiger partial charge >= 0.3 is 0 Å². The molecule has 1 amide bonds. The van der Waals surface area contributed by atoms with Crippen molar-refractivity contribution in [3.8, 4) is 5.75 Å². The van der Waals surface area contributed by atoms with E-state index in [4.69, 9.17) is 13.9 Å². The molecule has 6 heteroatoms. The molecule has 1 atom stereocenters. The van der Waals surface area contributed by atoms with E-state index in [0.717, 1.165) is 10.9 Å². The lowest BCUT2D eigenvalue weighted by Crippen LogP contribution is -2.39. The van der Waals surface area contributed by atoms with E-state index in [1.54, 1.807) is 31.4 Å². The highest BCUT2D eigenvalue weighted by atomic mass is 16.5. The second-order valence-corrected chi connectivity index (χ2v) is 7.14. The van der Waals surface area contributed by atoms with Crippen LogP contribution >= 0.6 is 0 Å². The van der Waals surface area contributed by atoms with Crippen LogP contribution in [0.2, 0.25) is 0 Å². The molecule has 0 spiro atoms. The largest absolute Gasteiger partial charge is 0.497 e. The van der Waals surface area contributed by atoms with Gasteiger partial charge in [0.15, 0.2) is 5.76 Å². The molecule has 0 saturated heterocycles. The Hall–Kier alpha value is -3.12. The van der Waals surface area contributed by atoms with Crippen LogP contribution in [0.1, 0.15) is 41.4 Å². The van der Waals surface area contributed by atoms with Crippen LogP contribution in [0.3, 0.4) is 0 Å². The number of nitrogens with one attached hydrogen (secondary N) is 1. The zero-order valence-corrected chi connectivity index (χ0v) is 16.8. The van der Waals surface area contributed by atoms with Crippen molar-refractivity contribution in [2.75, 3.05) is 13.7 Å². The van der Waals surface area contributed by atoms with Gasteiger partial charge in [0.05, 0.1) is 20.3 Å². The summed E-state index contributed by atoms with van der Waals surface area (Å²) < 4.78 is 16.3. The minimum Gasteiger partial charge on any atom is -0.497 e. The average Bonchev–Trinajstić information content (AvgIpc) is 3.16. The monoisotopic (exact) mass is 395 g/mol. The zero-order chi connectivity index (χ0) is 20.8. The summed E-state index contributed by atoms with van der Waals surface area (Å²) in [7, 11) is 1.57. The Kier molecular flexibility index (Phi) is 6.67. The van der Waals surface area contributed by atoms with Crippen molar-refractivity contribution in [2.24, 2.45) is 0 Å². The second-order valence-electron chi connectivity index (χ2n) is 7.14. The average molecular weight is 395 g/mol. The zero-order valence-electron chi connectivity index (χ0n) is 16.8. The van der Waals surface area contributed by atoms with Gasteiger partial charge in [-0.1, -0.05) is 38.1 Å². The van der Waals surface area contributed by atoms with E-state index in [0.29, 0.717) is 30.1 Å². The van der Waals surface area contributed by atoms with E-state index in [1.807, 2.05) is 12.1 Å². The number of fused-ring (bicyclic) bond motifs is 1. The Bertz CT molecular complexity index is 975. The van der Waals surface area contributed by atoms with Crippen molar-refractivity contribution in [2.45, 2.75) is 32.4 Å². The first kappa shape index (κ1) is 20.6. The summed E-state index contributed by atoms with van der Waals surface area (Å²) >= 11 is 0. The predicted octanol–water partition coefficient (Wildman–Crippen LogP) is 4.08. The molecule has 0 bridgehead atoms. The summed E-state index contributed by atoms with van der Waals surface area (Å²) in [6.07, 6.45) is 0.658. The molecule has 1 N–H and O–H groups in total. The van der Waals surface area contributed by atoms with Gasteiger partial charge in [0.25, 0.3) is 5.91 Å². The number of methoxy groups -OCH3 is 1. The Balaban J connectivity index is 1.55. The predicted molar refractivity (Wildman–Crippen MR) is 110 cm³/mol. The number of benzene rings is 2. The lowest BCUT2D eigenvalue weighted by atomic mass is 10.0. The smallest absolute Gasteiger partial charge is 0.287 e. The topological polar surface area (TPSA) is 77.8 Å². The van der Waals surface area contributed by atoms with E-state index in [-0.39, 0.29) is 12.4 Å². The number of carbonyl (C=O) groups is 2. The Morgan fingerprint density at radius 1 is 1.14 bits per heavy atom. The van der Waals surface area contributed by atoms with Crippen molar-refractivity contribution >= 4 is 23.2 Å². The highest BCUT2D eigenvalue weighted by Crippen LogP contribution is 2.24. The van der Waals surface area contributed by atoms with Crippen LogP contribution < -0.4 is 10.1 Å². The molecule has 3 aromatic rings. The number of carbonyl (C=O) groups excluding carboxylic acids is 2. The fourth-order valence-electron chi connectivity index (χ4n) is 2.92. The van der Waals surface area contributed by atoms with Crippen LogP contribution in [0, 0.1) is 0 Å². The number of aldehydes is 1. The molecule has 0 fully saturated rings. The van der Waals surface area contributed by atoms with Crippen LogP contribution in [0.4, 0.5) is 0 Å². The van der Waals surface area contributed by atoms with Crippen LogP contribution in [0.15, 0.2) is 52.9 Å². The summed E-state index contributed by atoms with van der Waals surface area (Å²) in [6, 6.07) is 14.3. The number of hydrogen-bond acceptors (Lipinski definition) is 5. The summed E-state index contributed by atoms with van der Waals surface area (Å²) in [5.41, 5.74) is 2.84. The third kappa shape index (κ3) is 5.23. The minimum absolute atomic E-state index is 0.0786. The number of furan rings is 1. The van der Waals surface area contributed by atoms with Gasteiger partial charge in [-0.3, -0.25) is 4.79 Å². The lowest BCUT2D eigenvalue weighted by Gasteiger charge is -2.13. The van der Waals surface area contributed by atoms with Gasteiger partial charge in [0, 0.05) is 5.39 Å². The minimum atomic E-state index is -0.764. The molecule has 1 heterocycles. The fourth-order valence-corrected chi connectivity index (χ4v) is 2.92. The molecule has 3 rings (SSSR count). The maximum atomic E-state index is 12.4. The molecule has 2 aromatic carbocycles. The van der Waals surface area contributed by atoms with E-state index >= 15 is 0 Å². The van der Waals surface area contributed by atoms with Gasteiger partial charge in [-0.05, 0) is 41.3 Å². The number of ether oxygens (including phenoxy) is 2. The van der Waals surface area contributed by atoms with Gasteiger partial charge < -0.3 is 24.0 Å². The van der Waals surface area contributed by atoms with Gasteiger partial charge in [-0.25, -0.2) is 0 Å². The van der Waals surface area contributed by atoms with Crippen molar-refractivity contribution in [3.05, 3.63) is 65.4 Å². The normalized spacial score (nSPS) is 12.1. The molecule has 0 radical (unpaired) electrons. The highest BCUT2D eigenvalue weighted by Gasteiger charge is 2.17. The molecule has 0 saturated carbocycles. The van der Waals surface area contributed by atoms with Gasteiger partial charge in [0.1, 0.15) is 23.7 Å². The molecule has 6 nitrogen and oxygen atoms in total. The first-order chi connectivity index (χ1) is 14.0. The fraction of sp³-hybridized carbons (Fsp3) is 0.304. The number of amides is 1. The molecular weight excluding hydrogens is 370 g/mol. The van der Waals surface area contributed by atoms with Crippen molar-refractivity contribution in [1.82, 2.24) is 5.32 Å². The van der Waals surface area contributed by atoms with Crippen LogP contribution in [0.5, 0.6) is 5.75 Å². The molecule has 0 aliphatic rings. The van der Waals surface area contributed by atoms with E-state index < -0.39 is 11.9 Å². The van der Waals surface area contributed by atoms with E-state index in [1.165, 1.54) is 5.56 Å². The highest BCUT2D eigenvalue weighted by molar-refractivity contribution is 5.97. The molecule has 1 unspecified atom stereocenters.